The minimum atomic E-state index is -1.12. The Morgan fingerprint density at radius 2 is 1.78 bits per heavy atom. The summed E-state index contributed by atoms with van der Waals surface area (Å²) >= 11 is 0. The van der Waals surface area contributed by atoms with Gasteiger partial charge in [0.2, 0.25) is 0 Å². The van der Waals surface area contributed by atoms with Gasteiger partial charge in [-0.1, -0.05) is 29.5 Å². The van der Waals surface area contributed by atoms with Crippen molar-refractivity contribution in [1.82, 2.24) is 5.08 Å². The summed E-state index contributed by atoms with van der Waals surface area (Å²) in [7, 11) is 0. The number of hydrogen-bond acceptors (Lipinski definition) is 5. The Kier molecular flexibility index (Phi) is 3.34. The Hall–Kier alpha value is -2.68. The van der Waals surface area contributed by atoms with Gasteiger partial charge in [0.1, 0.15) is 5.08 Å². The smallest absolute Gasteiger partial charge is 0.344 e. The van der Waals surface area contributed by atoms with E-state index in [4.69, 9.17) is 4.84 Å². The van der Waals surface area contributed by atoms with E-state index in [-0.39, 0.29) is 6.61 Å². The van der Waals surface area contributed by atoms with Crippen molar-refractivity contribution in [3.8, 4) is 11.8 Å². The molecular weight excluding hydrogens is 238 g/mol. The number of aryl methyl sites for hydroxylation is 1. The first-order valence-corrected chi connectivity index (χ1v) is 5.08. The number of hydrogen-bond donors (Lipinski definition) is 0. The van der Waals surface area contributed by atoms with Crippen molar-refractivity contribution in [3.63, 3.8) is 0 Å². The zero-order valence-corrected chi connectivity index (χ0v) is 9.50. The molecule has 2 rings (SSSR count). The van der Waals surface area contributed by atoms with E-state index in [9.17, 15) is 9.59 Å². The van der Waals surface area contributed by atoms with Gasteiger partial charge in [-0.15, -0.1) is 0 Å². The highest BCUT2D eigenvalue weighted by Gasteiger charge is 2.03. The molecular formula is C12H9NO5. The largest absolute Gasteiger partial charge is 0.449 e. The lowest BCUT2D eigenvalue weighted by Crippen LogP contribution is -2.14. The summed E-state index contributed by atoms with van der Waals surface area (Å²) in [4.78, 5) is 26.0. The molecule has 1 heterocycles. The van der Waals surface area contributed by atoms with E-state index in [0.717, 1.165) is 11.1 Å². The van der Waals surface area contributed by atoms with Gasteiger partial charge in [-0.05, 0) is 19.1 Å². The molecule has 92 valence electrons. The molecule has 0 radical (unpaired) electrons. The lowest BCUT2D eigenvalue weighted by molar-refractivity contribution is -0.135. The van der Waals surface area contributed by atoms with Crippen LogP contribution in [0.25, 0.3) is 0 Å². The first-order chi connectivity index (χ1) is 8.65. The van der Waals surface area contributed by atoms with Crippen LogP contribution in [0.15, 0.2) is 42.9 Å². The molecule has 1 aromatic heterocycles. The average molecular weight is 247 g/mol. The number of benzene rings is 1. The molecule has 2 aromatic rings. The van der Waals surface area contributed by atoms with Crippen molar-refractivity contribution in [2.45, 2.75) is 6.92 Å². The maximum absolute atomic E-state index is 10.6. The zero-order chi connectivity index (χ0) is 13.0. The maximum atomic E-state index is 10.6. The molecule has 1 aromatic carbocycles. The van der Waals surface area contributed by atoms with E-state index in [1.54, 1.807) is 0 Å². The van der Waals surface area contributed by atoms with Gasteiger partial charge < -0.3 is 4.84 Å². The third-order valence-electron chi connectivity index (χ3n) is 2.01. The van der Waals surface area contributed by atoms with Crippen LogP contribution in [0.1, 0.15) is 11.1 Å². The van der Waals surface area contributed by atoms with E-state index in [1.165, 1.54) is 0 Å². The molecule has 0 aliphatic carbocycles. The molecule has 0 saturated heterocycles. The Labute approximate surface area is 101 Å². The molecule has 0 aliphatic heterocycles. The molecule has 0 unspecified atom stereocenters. The van der Waals surface area contributed by atoms with Crippen LogP contribution in [0.5, 0.6) is 0 Å². The van der Waals surface area contributed by atoms with Gasteiger partial charge in [0, 0.05) is 5.56 Å². The number of aromatic nitrogens is 1. The van der Waals surface area contributed by atoms with Gasteiger partial charge in [-0.2, -0.15) is 0 Å². The molecule has 0 N–H and O–H groups in total. The van der Waals surface area contributed by atoms with Crippen LogP contribution < -0.4 is 16.1 Å². The molecule has 6 nitrogen and oxygen atoms in total. The highest BCUT2D eigenvalue weighted by molar-refractivity contribution is 5.35. The fourth-order valence-electron chi connectivity index (χ4n) is 1.14. The molecule has 18 heavy (non-hydrogen) atoms. The number of rotatable bonds is 2. The first-order valence-electron chi connectivity index (χ1n) is 5.08. The highest BCUT2D eigenvalue weighted by Crippen LogP contribution is 2.00. The average Bonchev–Trinajstić information content (AvgIpc) is 2.67. The predicted octanol–water partition coefficient (Wildman–Crippen LogP) is 0.183. The summed E-state index contributed by atoms with van der Waals surface area (Å²) in [6, 6.07) is 7.63. The Balaban J connectivity index is 1.95. The van der Waals surface area contributed by atoms with Crippen molar-refractivity contribution in [3.05, 3.63) is 56.2 Å². The molecule has 0 spiro atoms. The molecule has 0 atom stereocenters. The van der Waals surface area contributed by atoms with E-state index in [0.29, 0.717) is 5.08 Å². The predicted molar refractivity (Wildman–Crippen MR) is 61.0 cm³/mol. The first kappa shape index (κ1) is 11.8. The topological polar surface area (TPSA) is 74.6 Å². The maximum Gasteiger partial charge on any atom is 0.449 e. The summed E-state index contributed by atoms with van der Waals surface area (Å²) in [5, 5.41) is 0.342. The third-order valence-corrected chi connectivity index (χ3v) is 2.01. The summed E-state index contributed by atoms with van der Waals surface area (Å²) < 4.78 is 8.55. The minimum Gasteiger partial charge on any atom is -0.344 e. The normalized spacial score (nSPS) is 9.61. The zero-order valence-electron chi connectivity index (χ0n) is 9.50. The third kappa shape index (κ3) is 2.92. The summed E-state index contributed by atoms with van der Waals surface area (Å²) in [6.45, 7) is 1.91. The SMILES string of the molecule is Cc1ccc(C#CCOn2oc(=O)c(=O)o2)cc1. The summed E-state index contributed by atoms with van der Waals surface area (Å²) in [5.74, 6) is 5.52. The van der Waals surface area contributed by atoms with Crippen molar-refractivity contribution >= 4 is 0 Å². The Morgan fingerprint density at radius 3 is 2.39 bits per heavy atom. The van der Waals surface area contributed by atoms with E-state index in [2.05, 4.69) is 20.9 Å². The minimum absolute atomic E-state index is 0.0750. The second-order valence-corrected chi connectivity index (χ2v) is 3.42. The van der Waals surface area contributed by atoms with Gasteiger partial charge in [-0.3, -0.25) is 9.05 Å². The second-order valence-electron chi connectivity index (χ2n) is 3.42. The van der Waals surface area contributed by atoms with E-state index < -0.39 is 11.3 Å². The van der Waals surface area contributed by atoms with Crippen molar-refractivity contribution in [2.75, 3.05) is 6.61 Å². The van der Waals surface area contributed by atoms with Crippen LogP contribution in [0.4, 0.5) is 0 Å². The summed E-state index contributed by atoms with van der Waals surface area (Å²) in [5.41, 5.74) is -0.268. The molecule has 0 fully saturated rings. The van der Waals surface area contributed by atoms with Crippen LogP contribution in [-0.2, 0) is 0 Å². The highest BCUT2D eigenvalue weighted by atomic mass is 17.0. The Morgan fingerprint density at radius 1 is 1.17 bits per heavy atom. The molecule has 0 bridgehead atoms. The van der Waals surface area contributed by atoms with Crippen LogP contribution in [-0.4, -0.2) is 11.7 Å². The molecule has 0 aliphatic rings. The fourth-order valence-corrected chi connectivity index (χ4v) is 1.14. The molecule has 6 heteroatoms. The van der Waals surface area contributed by atoms with Gasteiger partial charge in [0.25, 0.3) is 0 Å². The van der Waals surface area contributed by atoms with Gasteiger partial charge in [-0.25, -0.2) is 9.59 Å². The lowest BCUT2D eigenvalue weighted by Gasteiger charge is -1.94. The monoisotopic (exact) mass is 247 g/mol. The van der Waals surface area contributed by atoms with Crippen LogP contribution in [0.2, 0.25) is 0 Å². The van der Waals surface area contributed by atoms with Crippen LogP contribution >= 0.6 is 0 Å². The van der Waals surface area contributed by atoms with Crippen molar-refractivity contribution < 1.29 is 13.9 Å². The quantitative estimate of drug-likeness (QED) is 0.559. The molecule has 0 amide bonds. The van der Waals surface area contributed by atoms with Crippen molar-refractivity contribution in [2.24, 2.45) is 0 Å². The number of nitrogens with zero attached hydrogens (tertiary/aromatic N) is 1. The van der Waals surface area contributed by atoms with E-state index in [1.807, 2.05) is 31.2 Å². The molecule has 0 saturated carbocycles. The summed E-state index contributed by atoms with van der Waals surface area (Å²) in [6.07, 6.45) is 0. The van der Waals surface area contributed by atoms with Gasteiger partial charge >= 0.3 is 11.3 Å². The fraction of sp³-hybridized carbons (Fsp3) is 0.167. The second kappa shape index (κ2) is 5.10. The van der Waals surface area contributed by atoms with Gasteiger partial charge in [0.05, 0.1) is 0 Å². The van der Waals surface area contributed by atoms with Crippen LogP contribution in [0.3, 0.4) is 0 Å². The van der Waals surface area contributed by atoms with Crippen molar-refractivity contribution in [1.29, 1.82) is 0 Å². The van der Waals surface area contributed by atoms with Gasteiger partial charge in [0.15, 0.2) is 6.61 Å². The lowest BCUT2D eigenvalue weighted by atomic mass is 10.2. The standard InChI is InChI=1S/C12H9NO5/c1-9-4-6-10(7-5-9)3-2-8-16-13-17-11(14)12(15)18-13/h4-7H,8H2,1H3. The van der Waals surface area contributed by atoms with Crippen LogP contribution in [0, 0.1) is 18.8 Å². The Bertz CT molecular complexity index is 665. The van der Waals surface area contributed by atoms with E-state index >= 15 is 0 Å².